The molecule has 0 fully saturated rings. The second kappa shape index (κ2) is 23.2. The zero-order valence-corrected chi connectivity index (χ0v) is 62.4. The highest BCUT2D eigenvalue weighted by atomic mass is 16.3. The van der Waals surface area contributed by atoms with Crippen LogP contribution < -0.4 is 26.2 Å². The summed E-state index contributed by atoms with van der Waals surface area (Å²) in [6.45, 7) is 27.0. The summed E-state index contributed by atoms with van der Waals surface area (Å²) in [6, 6.07) is 91.5. The lowest BCUT2D eigenvalue weighted by molar-refractivity contribution is 0.590. The molecule has 0 N–H and O–H groups in total. The lowest BCUT2D eigenvalue weighted by Crippen LogP contribution is -2.61. The highest BCUT2D eigenvalue weighted by Gasteiger charge is 2.46. The number of rotatable bonds is 7. The summed E-state index contributed by atoms with van der Waals surface area (Å²) in [4.78, 5) is 5.01. The monoisotopic (exact) mass is 1390 g/mol. The number of hydrogen-bond acceptors (Lipinski definition) is 4. The largest absolute Gasteiger partial charge is 0.456 e. The summed E-state index contributed by atoms with van der Waals surface area (Å²) in [5.74, 6) is 0. The minimum absolute atomic E-state index is 0.115. The van der Waals surface area contributed by atoms with Gasteiger partial charge in [0.1, 0.15) is 22.3 Å². The minimum atomic E-state index is -0.502. The van der Waals surface area contributed by atoms with Crippen LogP contribution in [0.4, 0.5) is 34.1 Å². The van der Waals surface area contributed by atoms with Crippen molar-refractivity contribution in [1.82, 2.24) is 9.13 Å². The number of benzene rings is 14. The van der Waals surface area contributed by atoms with Gasteiger partial charge in [-0.2, -0.15) is 0 Å². The van der Waals surface area contributed by atoms with E-state index in [0.717, 1.165) is 155 Å². The van der Waals surface area contributed by atoms with Crippen LogP contribution in [0.5, 0.6) is 0 Å². The van der Waals surface area contributed by atoms with Crippen LogP contribution in [0.3, 0.4) is 0 Å². The maximum atomic E-state index is 9.72. The van der Waals surface area contributed by atoms with Crippen LogP contribution in [0.1, 0.15) is 112 Å². The molecule has 0 saturated heterocycles. The molecule has 0 amide bonds. The smallest absolute Gasteiger partial charge is 0.252 e. The number of fused-ring (bicyclic) bond motifs is 16. The number of furan rings is 2. The lowest BCUT2D eigenvalue weighted by Gasteiger charge is -2.45. The first-order valence-corrected chi connectivity index (χ1v) is 37.5. The van der Waals surface area contributed by atoms with Crippen molar-refractivity contribution < 1.29 is 15.7 Å². The maximum Gasteiger partial charge on any atom is 0.252 e. The third-order valence-electron chi connectivity index (χ3n) is 23.0. The normalized spacial score (nSPS) is 14.0. The zero-order valence-electron chi connectivity index (χ0n) is 67.4. The number of para-hydroxylation sites is 2. The average molecular weight is 1390 g/mol. The van der Waals surface area contributed by atoms with Gasteiger partial charge in [-0.15, -0.1) is 0 Å². The zero-order chi connectivity index (χ0) is 77.2. The van der Waals surface area contributed by atoms with Gasteiger partial charge in [-0.1, -0.05) is 253 Å². The molecule has 2 aliphatic rings. The van der Waals surface area contributed by atoms with Gasteiger partial charge in [0.05, 0.1) is 56.8 Å². The van der Waals surface area contributed by atoms with E-state index in [4.69, 9.17) is 10.2 Å². The van der Waals surface area contributed by atoms with Gasteiger partial charge in [-0.05, 0) is 203 Å². The molecule has 7 heteroatoms. The first-order valence-electron chi connectivity index (χ1n) is 40.0. The van der Waals surface area contributed by atoms with Crippen molar-refractivity contribution in [2.24, 2.45) is 0 Å². The van der Waals surface area contributed by atoms with Gasteiger partial charge in [-0.25, -0.2) is 0 Å². The van der Waals surface area contributed by atoms with E-state index in [1.165, 1.54) is 33.0 Å². The predicted molar refractivity (Wildman–Crippen MR) is 455 cm³/mol. The van der Waals surface area contributed by atoms with Gasteiger partial charge in [0, 0.05) is 66.3 Å². The summed E-state index contributed by atoms with van der Waals surface area (Å²) in [5, 5.41) is 8.43. The van der Waals surface area contributed by atoms with Crippen molar-refractivity contribution in [3.63, 3.8) is 0 Å². The topological polar surface area (TPSA) is 42.6 Å². The first-order chi connectivity index (χ1) is 53.7. The molecule has 0 unspecified atom stereocenters. The highest BCUT2D eigenvalue weighted by molar-refractivity contribution is 7.00. The molecule has 0 aliphatic carbocycles. The van der Waals surface area contributed by atoms with E-state index in [1.54, 1.807) is 0 Å². The molecule has 18 aromatic rings. The SMILES string of the molecule is [2H]c1c([2H])c([2H])c(-c2ccc3c(c2)N(c2c(-c4ccccc4)ccc4oc5ccccc5c24)c2cc(-n4c5ccc(C(C)(C)C)cc5c5cc(C(C)(C)C)ccc54)cc4c2B3c2ccc(-n3c5ccc(C(C)(C)C)cc5c5cc(C(C)(C)C)ccc53)cc2N4c2cc(-c3ccccc3)cc3oc4ccccc4c23)c([2H])c1[2H]. The Morgan fingerprint density at radius 2 is 0.748 bits per heavy atom. The molecular weight excluding hydrogens is 1300 g/mol. The maximum absolute atomic E-state index is 9.72. The number of hydrogen-bond donors (Lipinski definition) is 0. The third-order valence-corrected chi connectivity index (χ3v) is 23.0. The van der Waals surface area contributed by atoms with Gasteiger partial charge < -0.3 is 27.8 Å². The van der Waals surface area contributed by atoms with Crippen LogP contribution in [0.2, 0.25) is 0 Å². The van der Waals surface area contributed by atoms with Crippen LogP contribution in [0.25, 0.3) is 132 Å². The second-order valence-corrected chi connectivity index (χ2v) is 33.7. The van der Waals surface area contributed by atoms with Crippen molar-refractivity contribution in [3.05, 3.63) is 307 Å². The van der Waals surface area contributed by atoms with E-state index in [1.807, 2.05) is 18.2 Å². The molecule has 20 rings (SSSR count). The molecule has 4 aromatic heterocycles. The fraction of sp³-hybridized carbons (Fsp3) is 0.160. The molecule has 0 saturated carbocycles. The van der Waals surface area contributed by atoms with Crippen molar-refractivity contribution >= 4 is 145 Å². The summed E-state index contributed by atoms with van der Waals surface area (Å²) in [7, 11) is 0. The Hall–Kier alpha value is -12.1. The molecule has 107 heavy (non-hydrogen) atoms. The summed E-state index contributed by atoms with van der Waals surface area (Å²) >= 11 is 0. The summed E-state index contributed by atoms with van der Waals surface area (Å²) < 4.78 is 66.0. The van der Waals surface area contributed by atoms with E-state index in [9.17, 15) is 5.48 Å². The van der Waals surface area contributed by atoms with Gasteiger partial charge in [-0.3, -0.25) is 0 Å². The third kappa shape index (κ3) is 10.1. The predicted octanol–water partition coefficient (Wildman–Crippen LogP) is 26.0. The Labute approximate surface area is 632 Å². The number of nitrogens with zero attached hydrogens (tertiary/aromatic N) is 4. The van der Waals surface area contributed by atoms with E-state index in [2.05, 4.69) is 339 Å². The first kappa shape index (κ1) is 59.2. The van der Waals surface area contributed by atoms with E-state index < -0.39 is 24.8 Å². The van der Waals surface area contributed by atoms with Crippen LogP contribution >= 0.6 is 0 Å². The Bertz CT molecular complexity index is 6910. The lowest BCUT2D eigenvalue weighted by atomic mass is 9.33. The molecule has 0 spiro atoms. The standard InChI is InChI=1S/C100H83BN4O2/c1-97(2,3)65-37-45-80-74(53-65)75-54-66(98(4,5)6)38-46-81(75)102(80)69-41-44-79-85(57-69)104(86-51-64(61-28-18-14-19-29-61)52-92-93(86)72-32-22-24-34-89(72)107-92)87-58-70(103-82-47-39-67(99(7,8)9)55-76(82)77-56-68(100(10,11)12)40-48-83(77)103)59-88-95(87)101(79)78-43-36-63(60-26-16-13-17-27-60)50-84(78)105(88)96-71(62-30-20-15-21-31-62)42-49-91-94(96)73-33-23-25-35-90(73)106-91/h13-59H,1-12H3/i13D,16D,17D,26D,27D. The molecule has 0 bridgehead atoms. The fourth-order valence-corrected chi connectivity index (χ4v) is 17.4. The fourth-order valence-electron chi connectivity index (χ4n) is 17.4. The Kier molecular flexibility index (Phi) is 12.9. The molecule has 0 radical (unpaired) electrons. The molecule has 518 valence electrons. The van der Waals surface area contributed by atoms with Crippen LogP contribution in [-0.4, -0.2) is 15.8 Å². The Morgan fingerprint density at radius 1 is 0.299 bits per heavy atom. The molecule has 6 nitrogen and oxygen atoms in total. The van der Waals surface area contributed by atoms with Gasteiger partial charge in [0.15, 0.2) is 0 Å². The van der Waals surface area contributed by atoms with Gasteiger partial charge in [0.2, 0.25) is 0 Å². The Morgan fingerprint density at radius 3 is 1.29 bits per heavy atom. The average Bonchev–Trinajstić information content (AvgIpc) is 1.65. The van der Waals surface area contributed by atoms with Crippen molar-refractivity contribution in [3.8, 4) is 44.8 Å². The molecule has 14 aromatic carbocycles. The molecule has 0 atom stereocenters. The number of anilines is 6. The van der Waals surface area contributed by atoms with E-state index in [-0.39, 0.29) is 39.3 Å². The van der Waals surface area contributed by atoms with E-state index in [0.29, 0.717) is 11.1 Å². The highest BCUT2D eigenvalue weighted by Crippen LogP contribution is 2.55. The van der Waals surface area contributed by atoms with Crippen LogP contribution in [-0.2, 0) is 21.7 Å². The van der Waals surface area contributed by atoms with Crippen LogP contribution in [0.15, 0.2) is 294 Å². The van der Waals surface area contributed by atoms with E-state index >= 15 is 0 Å². The molecule has 2 aliphatic heterocycles. The van der Waals surface area contributed by atoms with Crippen molar-refractivity contribution in [2.45, 2.75) is 105 Å². The van der Waals surface area contributed by atoms with Gasteiger partial charge in [0.25, 0.3) is 6.71 Å². The summed E-state index contributed by atoms with van der Waals surface area (Å²) in [6.07, 6.45) is 0. The molecule has 6 heterocycles. The second-order valence-electron chi connectivity index (χ2n) is 33.7. The van der Waals surface area contributed by atoms with Crippen molar-refractivity contribution in [1.29, 1.82) is 0 Å². The quantitative estimate of drug-likeness (QED) is 0.149. The summed E-state index contributed by atoms with van der Waals surface area (Å²) in [5.41, 5.74) is 26.4. The Balaban J connectivity index is 1.00. The van der Waals surface area contributed by atoms with Crippen molar-refractivity contribution in [2.75, 3.05) is 9.80 Å². The molecular formula is C100H83BN4O2. The van der Waals surface area contributed by atoms with Crippen LogP contribution in [0, 0.1) is 0 Å². The van der Waals surface area contributed by atoms with Gasteiger partial charge >= 0.3 is 0 Å². The minimum Gasteiger partial charge on any atom is -0.456 e. The number of aromatic nitrogens is 2.